The fourth-order valence-electron chi connectivity index (χ4n) is 3.19. The maximum absolute atomic E-state index is 9.10. The maximum atomic E-state index is 9.10. The molecule has 0 radical (unpaired) electrons. The number of aliphatic hydroxyl groups excluding tert-OH is 1. The summed E-state index contributed by atoms with van der Waals surface area (Å²) in [6.07, 6.45) is 3.85. The molecule has 118 valence electrons. The summed E-state index contributed by atoms with van der Waals surface area (Å²) >= 11 is 0. The van der Waals surface area contributed by atoms with E-state index in [-0.39, 0.29) is 6.61 Å². The molecule has 3 nitrogen and oxygen atoms in total. The second-order valence-corrected chi connectivity index (χ2v) is 6.35. The Morgan fingerprint density at radius 2 is 2.00 bits per heavy atom. The number of aliphatic hydroxyl groups is 1. The molecule has 0 aromatic heterocycles. The van der Waals surface area contributed by atoms with E-state index in [9.17, 15) is 0 Å². The van der Waals surface area contributed by atoms with E-state index in [1.807, 2.05) is 12.1 Å². The fraction of sp³-hybridized carbons (Fsp3) is 0.667. The van der Waals surface area contributed by atoms with Gasteiger partial charge in [-0.15, -0.1) is 0 Å². The van der Waals surface area contributed by atoms with Crippen molar-refractivity contribution in [2.24, 2.45) is 5.92 Å². The quantitative estimate of drug-likeness (QED) is 0.810. The van der Waals surface area contributed by atoms with E-state index in [1.54, 1.807) is 0 Å². The molecule has 0 saturated carbocycles. The van der Waals surface area contributed by atoms with Crippen molar-refractivity contribution in [1.82, 2.24) is 10.2 Å². The highest BCUT2D eigenvalue weighted by Gasteiger charge is 2.24. The molecule has 0 amide bonds. The Morgan fingerprint density at radius 3 is 2.67 bits per heavy atom. The number of nitrogens with zero attached hydrogens (tertiary/aromatic N) is 1. The van der Waals surface area contributed by atoms with Crippen LogP contribution in [0.15, 0.2) is 24.3 Å². The summed E-state index contributed by atoms with van der Waals surface area (Å²) in [4.78, 5) is 2.58. The molecule has 0 aliphatic carbocycles. The molecule has 2 atom stereocenters. The zero-order chi connectivity index (χ0) is 15.1. The van der Waals surface area contributed by atoms with Crippen LogP contribution in [0.1, 0.15) is 44.2 Å². The largest absolute Gasteiger partial charge is 0.392 e. The van der Waals surface area contributed by atoms with Crippen molar-refractivity contribution in [3.63, 3.8) is 0 Å². The summed E-state index contributed by atoms with van der Waals surface area (Å²) in [5, 5.41) is 12.7. The van der Waals surface area contributed by atoms with Gasteiger partial charge in [-0.1, -0.05) is 31.2 Å². The van der Waals surface area contributed by atoms with Crippen LogP contribution in [-0.2, 0) is 13.2 Å². The van der Waals surface area contributed by atoms with Crippen molar-refractivity contribution in [3.05, 3.63) is 35.4 Å². The van der Waals surface area contributed by atoms with Gasteiger partial charge in [-0.05, 0) is 56.3 Å². The number of hydrogen-bond acceptors (Lipinski definition) is 3. The van der Waals surface area contributed by atoms with E-state index in [4.69, 9.17) is 5.11 Å². The molecule has 1 aliphatic heterocycles. The van der Waals surface area contributed by atoms with Gasteiger partial charge in [-0.25, -0.2) is 0 Å². The van der Waals surface area contributed by atoms with E-state index in [0.717, 1.165) is 24.6 Å². The molecular weight excluding hydrogens is 260 g/mol. The van der Waals surface area contributed by atoms with Crippen LogP contribution in [0.2, 0.25) is 0 Å². The second kappa shape index (κ2) is 8.52. The molecular formula is C18H30N2O. The fourth-order valence-corrected chi connectivity index (χ4v) is 3.19. The van der Waals surface area contributed by atoms with Gasteiger partial charge in [0.2, 0.25) is 0 Å². The minimum Gasteiger partial charge on any atom is -0.392 e. The Kier molecular flexibility index (Phi) is 6.68. The average molecular weight is 290 g/mol. The van der Waals surface area contributed by atoms with Crippen molar-refractivity contribution < 1.29 is 5.11 Å². The Hall–Kier alpha value is -0.900. The smallest absolute Gasteiger partial charge is 0.0681 e. The highest BCUT2D eigenvalue weighted by Crippen LogP contribution is 2.21. The van der Waals surface area contributed by atoms with Crippen LogP contribution in [0.3, 0.4) is 0 Å². The van der Waals surface area contributed by atoms with Crippen LogP contribution in [0, 0.1) is 5.92 Å². The SMILES string of the molecule is CCCNC(C)C1CCCN(Cc2ccc(CO)cc2)C1. The summed E-state index contributed by atoms with van der Waals surface area (Å²) in [7, 11) is 0. The Balaban J connectivity index is 1.85. The summed E-state index contributed by atoms with van der Waals surface area (Å²) in [6, 6.07) is 8.97. The monoisotopic (exact) mass is 290 g/mol. The lowest BCUT2D eigenvalue weighted by molar-refractivity contribution is 0.144. The molecule has 1 heterocycles. The molecule has 0 spiro atoms. The number of benzene rings is 1. The molecule has 1 aromatic rings. The molecule has 2 N–H and O–H groups in total. The molecule has 2 unspecified atom stereocenters. The Labute approximate surface area is 129 Å². The molecule has 1 aliphatic rings. The van der Waals surface area contributed by atoms with Crippen molar-refractivity contribution in [2.75, 3.05) is 19.6 Å². The molecule has 0 bridgehead atoms. The van der Waals surface area contributed by atoms with Crippen molar-refractivity contribution in [3.8, 4) is 0 Å². The number of nitrogens with one attached hydrogen (secondary N) is 1. The summed E-state index contributed by atoms with van der Waals surface area (Å²) in [6.45, 7) is 9.25. The first-order valence-corrected chi connectivity index (χ1v) is 8.37. The lowest BCUT2D eigenvalue weighted by atomic mass is 9.91. The van der Waals surface area contributed by atoms with Gasteiger partial charge in [0.05, 0.1) is 6.61 Å². The van der Waals surface area contributed by atoms with Gasteiger partial charge in [-0.3, -0.25) is 4.90 Å². The maximum Gasteiger partial charge on any atom is 0.0681 e. The van der Waals surface area contributed by atoms with Crippen LogP contribution in [0.4, 0.5) is 0 Å². The van der Waals surface area contributed by atoms with Crippen LogP contribution in [0.25, 0.3) is 0 Å². The highest BCUT2D eigenvalue weighted by molar-refractivity contribution is 5.21. The third-order valence-corrected chi connectivity index (χ3v) is 4.58. The van der Waals surface area contributed by atoms with E-state index in [2.05, 4.69) is 36.2 Å². The van der Waals surface area contributed by atoms with Crippen LogP contribution in [0.5, 0.6) is 0 Å². The van der Waals surface area contributed by atoms with Gasteiger partial charge < -0.3 is 10.4 Å². The van der Waals surface area contributed by atoms with Gasteiger partial charge >= 0.3 is 0 Å². The molecule has 3 heteroatoms. The zero-order valence-corrected chi connectivity index (χ0v) is 13.5. The van der Waals surface area contributed by atoms with Gasteiger partial charge in [0.15, 0.2) is 0 Å². The summed E-state index contributed by atoms with van der Waals surface area (Å²) in [5.74, 6) is 0.766. The van der Waals surface area contributed by atoms with Crippen molar-refractivity contribution in [1.29, 1.82) is 0 Å². The van der Waals surface area contributed by atoms with Gasteiger partial charge in [-0.2, -0.15) is 0 Å². The molecule has 21 heavy (non-hydrogen) atoms. The second-order valence-electron chi connectivity index (χ2n) is 6.35. The molecule has 1 aromatic carbocycles. The molecule has 2 rings (SSSR count). The van der Waals surface area contributed by atoms with Gasteiger partial charge in [0.1, 0.15) is 0 Å². The first kappa shape index (κ1) is 16.5. The number of rotatable bonds is 7. The first-order valence-electron chi connectivity index (χ1n) is 8.37. The average Bonchev–Trinajstić information content (AvgIpc) is 2.53. The highest BCUT2D eigenvalue weighted by atomic mass is 16.3. The number of likely N-dealkylation sites (tertiary alicyclic amines) is 1. The predicted molar refractivity (Wildman–Crippen MR) is 88.1 cm³/mol. The lowest BCUT2D eigenvalue weighted by Crippen LogP contribution is -2.44. The minimum absolute atomic E-state index is 0.132. The predicted octanol–water partition coefficient (Wildman–Crippen LogP) is 2.78. The van der Waals surface area contributed by atoms with Crippen LogP contribution >= 0.6 is 0 Å². The molecule has 1 fully saturated rings. The van der Waals surface area contributed by atoms with E-state index in [0.29, 0.717) is 6.04 Å². The standard InChI is InChI=1S/C18H30N2O/c1-3-10-19-15(2)18-5-4-11-20(13-18)12-16-6-8-17(14-21)9-7-16/h6-9,15,18-19,21H,3-5,10-14H2,1-2H3. The zero-order valence-electron chi connectivity index (χ0n) is 13.5. The Morgan fingerprint density at radius 1 is 1.29 bits per heavy atom. The summed E-state index contributed by atoms with van der Waals surface area (Å²) in [5.41, 5.74) is 2.34. The summed E-state index contributed by atoms with van der Waals surface area (Å²) < 4.78 is 0. The van der Waals surface area contributed by atoms with Crippen LogP contribution in [-0.4, -0.2) is 35.7 Å². The van der Waals surface area contributed by atoms with E-state index < -0.39 is 0 Å². The third kappa shape index (κ3) is 5.10. The third-order valence-electron chi connectivity index (χ3n) is 4.58. The van der Waals surface area contributed by atoms with Crippen molar-refractivity contribution in [2.45, 2.75) is 52.3 Å². The number of hydrogen-bond donors (Lipinski definition) is 2. The topological polar surface area (TPSA) is 35.5 Å². The van der Waals surface area contributed by atoms with Crippen LogP contribution < -0.4 is 5.32 Å². The first-order chi connectivity index (χ1) is 10.2. The Bertz CT molecular complexity index is 404. The van der Waals surface area contributed by atoms with Gasteiger partial charge in [0.25, 0.3) is 0 Å². The van der Waals surface area contributed by atoms with E-state index >= 15 is 0 Å². The number of piperidine rings is 1. The molecule has 1 saturated heterocycles. The normalized spacial score (nSPS) is 21.4. The lowest BCUT2D eigenvalue weighted by Gasteiger charge is -2.36. The van der Waals surface area contributed by atoms with Crippen molar-refractivity contribution >= 4 is 0 Å². The minimum atomic E-state index is 0.132. The van der Waals surface area contributed by atoms with E-state index in [1.165, 1.54) is 37.9 Å². The van der Waals surface area contributed by atoms with Gasteiger partial charge in [0, 0.05) is 19.1 Å².